The Morgan fingerprint density at radius 1 is 1.11 bits per heavy atom. The van der Waals surface area contributed by atoms with Gasteiger partial charge in [0.15, 0.2) is 0 Å². The second-order valence-electron chi connectivity index (χ2n) is 2.02. The fourth-order valence-electron chi connectivity index (χ4n) is 0.493. The minimum Gasteiger partial charge on any atom is -0.302 e. The standard InChI is InChI=1S/C6H11NO2/c1-5(3-8)7-6(2)4-9/h3-7H,1-2H3. The summed E-state index contributed by atoms with van der Waals surface area (Å²) in [6.45, 7) is 3.40. The summed E-state index contributed by atoms with van der Waals surface area (Å²) in [4.78, 5) is 20.0. The molecule has 0 aromatic heterocycles. The van der Waals surface area contributed by atoms with Crippen LogP contribution >= 0.6 is 0 Å². The molecule has 2 atom stereocenters. The zero-order valence-electron chi connectivity index (χ0n) is 5.63. The molecule has 1 N–H and O–H groups in total. The summed E-state index contributed by atoms with van der Waals surface area (Å²) in [6, 6.07) is -0.463. The molecule has 0 rings (SSSR count). The average molecular weight is 129 g/mol. The zero-order chi connectivity index (χ0) is 7.28. The van der Waals surface area contributed by atoms with Crippen LogP contribution in [0.1, 0.15) is 13.8 Å². The Hall–Kier alpha value is -0.700. The largest absolute Gasteiger partial charge is 0.302 e. The molecule has 0 radical (unpaired) electrons. The van der Waals surface area contributed by atoms with Crippen LogP contribution in [0.3, 0.4) is 0 Å². The highest BCUT2D eigenvalue weighted by Crippen LogP contribution is 1.78. The van der Waals surface area contributed by atoms with Crippen LogP contribution in [0.5, 0.6) is 0 Å². The molecule has 9 heavy (non-hydrogen) atoms. The highest BCUT2D eigenvalue weighted by Gasteiger charge is 2.02. The summed E-state index contributed by atoms with van der Waals surface area (Å²) in [5.41, 5.74) is 0. The maximum atomic E-state index is 9.98. The van der Waals surface area contributed by atoms with Crippen molar-refractivity contribution >= 4 is 12.6 Å². The number of carbonyl (C=O) groups excluding carboxylic acids is 2. The molecule has 52 valence electrons. The van der Waals surface area contributed by atoms with Gasteiger partial charge in [-0.05, 0) is 13.8 Å². The van der Waals surface area contributed by atoms with Crippen molar-refractivity contribution in [3.63, 3.8) is 0 Å². The Morgan fingerprint density at radius 3 is 1.67 bits per heavy atom. The first-order valence-electron chi connectivity index (χ1n) is 2.87. The van der Waals surface area contributed by atoms with E-state index in [2.05, 4.69) is 5.32 Å². The molecule has 0 heterocycles. The minimum absolute atomic E-state index is 0.231. The normalized spacial score (nSPS) is 16.2. The molecule has 0 aromatic carbocycles. The third-order valence-electron chi connectivity index (χ3n) is 0.934. The molecule has 0 aromatic rings. The third kappa shape index (κ3) is 3.85. The fraction of sp³-hybridized carbons (Fsp3) is 0.667. The van der Waals surface area contributed by atoms with E-state index in [9.17, 15) is 9.59 Å². The summed E-state index contributed by atoms with van der Waals surface area (Å²) in [5, 5.41) is 2.74. The van der Waals surface area contributed by atoms with Gasteiger partial charge >= 0.3 is 0 Å². The van der Waals surface area contributed by atoms with Crippen LogP contribution in [0, 0.1) is 0 Å². The Labute approximate surface area is 54.4 Å². The number of rotatable bonds is 4. The second kappa shape index (κ2) is 4.21. The first-order valence-corrected chi connectivity index (χ1v) is 2.87. The van der Waals surface area contributed by atoms with Gasteiger partial charge in [-0.3, -0.25) is 5.32 Å². The lowest BCUT2D eigenvalue weighted by atomic mass is 10.3. The summed E-state index contributed by atoms with van der Waals surface area (Å²) in [5.74, 6) is 0. The van der Waals surface area contributed by atoms with Crippen LogP contribution in [0.4, 0.5) is 0 Å². The van der Waals surface area contributed by atoms with Gasteiger partial charge in [0.25, 0.3) is 0 Å². The van der Waals surface area contributed by atoms with Crippen molar-refractivity contribution in [1.29, 1.82) is 0 Å². The quantitative estimate of drug-likeness (QED) is 0.532. The lowest BCUT2D eigenvalue weighted by Crippen LogP contribution is -2.36. The fourth-order valence-corrected chi connectivity index (χ4v) is 0.493. The predicted molar refractivity (Wildman–Crippen MR) is 34.2 cm³/mol. The molecular weight excluding hydrogens is 118 g/mol. The van der Waals surface area contributed by atoms with E-state index < -0.39 is 0 Å². The van der Waals surface area contributed by atoms with Crippen LogP contribution in [0.25, 0.3) is 0 Å². The van der Waals surface area contributed by atoms with E-state index in [-0.39, 0.29) is 12.1 Å². The Balaban J connectivity index is 3.45. The molecule has 3 heteroatoms. The van der Waals surface area contributed by atoms with E-state index >= 15 is 0 Å². The minimum atomic E-state index is -0.231. The van der Waals surface area contributed by atoms with Crippen LogP contribution < -0.4 is 5.32 Å². The number of carbonyl (C=O) groups is 2. The maximum absolute atomic E-state index is 9.98. The van der Waals surface area contributed by atoms with Crippen LogP contribution in [0.2, 0.25) is 0 Å². The summed E-state index contributed by atoms with van der Waals surface area (Å²) >= 11 is 0. The Kier molecular flexibility index (Phi) is 3.88. The second-order valence-corrected chi connectivity index (χ2v) is 2.02. The van der Waals surface area contributed by atoms with Gasteiger partial charge in [0.1, 0.15) is 12.6 Å². The molecule has 0 fully saturated rings. The van der Waals surface area contributed by atoms with E-state index in [1.165, 1.54) is 0 Å². The molecule has 0 saturated carbocycles. The van der Waals surface area contributed by atoms with E-state index in [0.717, 1.165) is 12.6 Å². The molecule has 0 aliphatic carbocycles. The first kappa shape index (κ1) is 8.30. The highest BCUT2D eigenvalue weighted by molar-refractivity contribution is 5.61. The van der Waals surface area contributed by atoms with E-state index in [1.54, 1.807) is 13.8 Å². The molecule has 0 aliphatic rings. The van der Waals surface area contributed by atoms with Crippen molar-refractivity contribution in [1.82, 2.24) is 5.32 Å². The van der Waals surface area contributed by atoms with Gasteiger partial charge in [-0.2, -0.15) is 0 Å². The predicted octanol–water partition coefficient (Wildman–Crippen LogP) is -0.249. The van der Waals surface area contributed by atoms with Crippen LogP contribution in [-0.2, 0) is 9.59 Å². The van der Waals surface area contributed by atoms with Crippen molar-refractivity contribution in [2.75, 3.05) is 0 Å². The Morgan fingerprint density at radius 2 is 1.44 bits per heavy atom. The van der Waals surface area contributed by atoms with Crippen molar-refractivity contribution in [2.24, 2.45) is 0 Å². The lowest BCUT2D eigenvalue weighted by molar-refractivity contribution is -0.111. The van der Waals surface area contributed by atoms with E-state index in [4.69, 9.17) is 0 Å². The van der Waals surface area contributed by atoms with Crippen LogP contribution in [0.15, 0.2) is 0 Å². The summed E-state index contributed by atoms with van der Waals surface area (Å²) in [7, 11) is 0. The number of nitrogens with one attached hydrogen (secondary N) is 1. The SMILES string of the molecule is CC(C=O)NC(C)C=O. The summed E-state index contributed by atoms with van der Waals surface area (Å²) in [6.07, 6.45) is 1.53. The first-order chi connectivity index (χ1) is 4.20. The summed E-state index contributed by atoms with van der Waals surface area (Å²) < 4.78 is 0. The van der Waals surface area contributed by atoms with Gasteiger partial charge in [0.05, 0.1) is 12.1 Å². The van der Waals surface area contributed by atoms with Gasteiger partial charge in [-0.25, -0.2) is 0 Å². The maximum Gasteiger partial charge on any atom is 0.136 e. The van der Waals surface area contributed by atoms with Gasteiger partial charge in [-0.15, -0.1) is 0 Å². The van der Waals surface area contributed by atoms with Gasteiger partial charge in [-0.1, -0.05) is 0 Å². The third-order valence-corrected chi connectivity index (χ3v) is 0.934. The molecule has 0 amide bonds. The number of aldehydes is 2. The van der Waals surface area contributed by atoms with Gasteiger partial charge < -0.3 is 9.59 Å². The molecule has 0 bridgehead atoms. The number of hydrogen-bond donors (Lipinski definition) is 1. The molecule has 2 unspecified atom stereocenters. The lowest BCUT2D eigenvalue weighted by Gasteiger charge is -2.07. The molecule has 3 nitrogen and oxygen atoms in total. The molecular formula is C6H11NO2. The van der Waals surface area contributed by atoms with Crippen LogP contribution in [-0.4, -0.2) is 24.7 Å². The highest BCUT2D eigenvalue weighted by atomic mass is 16.1. The van der Waals surface area contributed by atoms with Crippen molar-refractivity contribution < 1.29 is 9.59 Å². The Bertz CT molecular complexity index is 91.2. The van der Waals surface area contributed by atoms with Crippen molar-refractivity contribution in [2.45, 2.75) is 25.9 Å². The van der Waals surface area contributed by atoms with E-state index in [0.29, 0.717) is 0 Å². The zero-order valence-corrected chi connectivity index (χ0v) is 5.63. The monoisotopic (exact) mass is 129 g/mol. The number of hydrogen-bond acceptors (Lipinski definition) is 3. The smallest absolute Gasteiger partial charge is 0.136 e. The average Bonchev–Trinajstić information content (AvgIpc) is 1.87. The van der Waals surface area contributed by atoms with Gasteiger partial charge in [0.2, 0.25) is 0 Å². The molecule has 0 spiro atoms. The van der Waals surface area contributed by atoms with E-state index in [1.807, 2.05) is 0 Å². The van der Waals surface area contributed by atoms with Crippen molar-refractivity contribution in [3.8, 4) is 0 Å². The molecule has 0 aliphatic heterocycles. The van der Waals surface area contributed by atoms with Gasteiger partial charge in [0, 0.05) is 0 Å². The topological polar surface area (TPSA) is 46.2 Å². The molecule has 0 saturated heterocycles. The van der Waals surface area contributed by atoms with Crippen molar-refractivity contribution in [3.05, 3.63) is 0 Å².